The SMILES string of the molecule is Cn1c(-c2ccccc2)cnc1SCC(=O)Nc1cc(F)ccc1F. The summed E-state index contributed by atoms with van der Waals surface area (Å²) in [6.07, 6.45) is 1.74. The third-order valence-electron chi connectivity index (χ3n) is 3.55. The molecule has 0 atom stereocenters. The fraction of sp³-hybridized carbons (Fsp3) is 0.111. The van der Waals surface area contributed by atoms with Gasteiger partial charge in [-0.2, -0.15) is 0 Å². The van der Waals surface area contributed by atoms with Crippen LogP contribution >= 0.6 is 11.8 Å². The second-order valence-corrected chi connectivity index (χ2v) is 6.25. The van der Waals surface area contributed by atoms with E-state index in [4.69, 9.17) is 0 Å². The molecule has 0 saturated carbocycles. The topological polar surface area (TPSA) is 46.9 Å². The van der Waals surface area contributed by atoms with Gasteiger partial charge in [0.1, 0.15) is 11.6 Å². The Morgan fingerprint density at radius 3 is 2.72 bits per heavy atom. The fourth-order valence-electron chi connectivity index (χ4n) is 2.31. The maximum absolute atomic E-state index is 13.5. The number of halogens is 2. The van der Waals surface area contributed by atoms with Gasteiger partial charge in [0.05, 0.1) is 23.3 Å². The van der Waals surface area contributed by atoms with Gasteiger partial charge in [0.2, 0.25) is 5.91 Å². The highest BCUT2D eigenvalue weighted by atomic mass is 32.2. The van der Waals surface area contributed by atoms with Crippen molar-refractivity contribution in [1.82, 2.24) is 9.55 Å². The van der Waals surface area contributed by atoms with Crippen molar-refractivity contribution in [1.29, 1.82) is 0 Å². The highest BCUT2D eigenvalue weighted by molar-refractivity contribution is 7.99. The van der Waals surface area contributed by atoms with Crippen LogP contribution in [0.15, 0.2) is 59.9 Å². The molecule has 3 aromatic rings. The molecule has 0 radical (unpaired) electrons. The van der Waals surface area contributed by atoms with Crippen LogP contribution in [0, 0.1) is 11.6 Å². The molecule has 1 heterocycles. The molecule has 1 N–H and O–H groups in total. The Balaban J connectivity index is 1.65. The molecular formula is C18H15F2N3OS. The third kappa shape index (κ3) is 4.06. The number of nitrogens with zero attached hydrogens (tertiary/aromatic N) is 2. The molecule has 25 heavy (non-hydrogen) atoms. The van der Waals surface area contributed by atoms with E-state index in [-0.39, 0.29) is 11.4 Å². The van der Waals surface area contributed by atoms with Crippen molar-refractivity contribution < 1.29 is 13.6 Å². The number of hydrogen-bond acceptors (Lipinski definition) is 3. The number of amides is 1. The number of aromatic nitrogens is 2. The van der Waals surface area contributed by atoms with E-state index in [1.807, 2.05) is 41.9 Å². The summed E-state index contributed by atoms with van der Waals surface area (Å²) in [5.41, 5.74) is 1.78. The van der Waals surface area contributed by atoms with E-state index in [1.165, 1.54) is 11.8 Å². The van der Waals surface area contributed by atoms with Gasteiger partial charge in [-0.05, 0) is 17.7 Å². The van der Waals surface area contributed by atoms with Gasteiger partial charge in [0, 0.05) is 13.1 Å². The molecule has 0 spiro atoms. The second kappa shape index (κ2) is 7.48. The van der Waals surface area contributed by atoms with Crippen molar-refractivity contribution in [3.05, 3.63) is 66.4 Å². The van der Waals surface area contributed by atoms with Crippen LogP contribution in [0.2, 0.25) is 0 Å². The largest absolute Gasteiger partial charge is 0.323 e. The zero-order valence-corrected chi connectivity index (χ0v) is 14.2. The summed E-state index contributed by atoms with van der Waals surface area (Å²) >= 11 is 1.22. The van der Waals surface area contributed by atoms with Gasteiger partial charge in [-0.1, -0.05) is 42.1 Å². The minimum atomic E-state index is -0.678. The van der Waals surface area contributed by atoms with Gasteiger partial charge in [-0.3, -0.25) is 4.79 Å². The molecule has 0 aliphatic rings. The normalized spacial score (nSPS) is 10.7. The number of imidazole rings is 1. The van der Waals surface area contributed by atoms with Crippen LogP contribution < -0.4 is 5.32 Å². The molecule has 1 amide bonds. The average molecular weight is 359 g/mol. The Hall–Kier alpha value is -2.67. The number of nitrogens with one attached hydrogen (secondary N) is 1. The standard InChI is InChI=1S/C18H15F2N3OS/c1-23-16(12-5-3-2-4-6-12)10-21-18(23)25-11-17(24)22-15-9-13(19)7-8-14(15)20/h2-10H,11H2,1H3,(H,22,24). The number of rotatable bonds is 5. The molecule has 7 heteroatoms. The maximum Gasteiger partial charge on any atom is 0.234 e. The van der Waals surface area contributed by atoms with E-state index in [1.54, 1.807) is 6.20 Å². The summed E-state index contributed by atoms with van der Waals surface area (Å²) in [5, 5.41) is 3.03. The van der Waals surface area contributed by atoms with Crippen LogP contribution in [0.4, 0.5) is 14.5 Å². The minimum Gasteiger partial charge on any atom is -0.323 e. The lowest BCUT2D eigenvalue weighted by atomic mass is 10.2. The van der Waals surface area contributed by atoms with Crippen molar-refractivity contribution in [2.24, 2.45) is 7.05 Å². The second-order valence-electron chi connectivity index (χ2n) is 5.31. The number of carbonyl (C=O) groups excluding carboxylic acids is 1. The summed E-state index contributed by atoms with van der Waals surface area (Å²) in [7, 11) is 1.86. The minimum absolute atomic E-state index is 0.0367. The van der Waals surface area contributed by atoms with Crippen LogP contribution in [0.3, 0.4) is 0 Å². The van der Waals surface area contributed by atoms with Crippen molar-refractivity contribution in [3.8, 4) is 11.3 Å². The fourth-order valence-corrected chi connectivity index (χ4v) is 3.07. The molecule has 0 fully saturated rings. The molecule has 0 bridgehead atoms. The van der Waals surface area contributed by atoms with Crippen molar-refractivity contribution in [2.75, 3.05) is 11.1 Å². The zero-order valence-electron chi connectivity index (χ0n) is 13.4. The summed E-state index contributed by atoms with van der Waals surface area (Å²) in [5.74, 6) is -1.68. The number of thioether (sulfide) groups is 1. The van der Waals surface area contributed by atoms with E-state index >= 15 is 0 Å². The first-order valence-corrected chi connectivity index (χ1v) is 8.48. The molecule has 128 valence electrons. The predicted octanol–water partition coefficient (Wildman–Crippen LogP) is 4.10. The van der Waals surface area contributed by atoms with Gasteiger partial charge < -0.3 is 9.88 Å². The molecule has 2 aromatic carbocycles. The predicted molar refractivity (Wildman–Crippen MR) is 94.4 cm³/mol. The first-order chi connectivity index (χ1) is 12.0. The third-order valence-corrected chi connectivity index (χ3v) is 4.59. The molecule has 4 nitrogen and oxygen atoms in total. The van der Waals surface area contributed by atoms with E-state index < -0.39 is 17.5 Å². The van der Waals surface area contributed by atoms with Crippen LogP contribution in [0.25, 0.3) is 11.3 Å². The monoisotopic (exact) mass is 359 g/mol. The average Bonchev–Trinajstić information content (AvgIpc) is 2.98. The van der Waals surface area contributed by atoms with Gasteiger partial charge in [0.25, 0.3) is 0 Å². The Labute approximate surface area is 147 Å². The first-order valence-electron chi connectivity index (χ1n) is 7.49. The highest BCUT2D eigenvalue weighted by Gasteiger charge is 2.12. The Bertz CT molecular complexity index is 897. The molecule has 1 aromatic heterocycles. The Morgan fingerprint density at radius 1 is 1.20 bits per heavy atom. The molecular weight excluding hydrogens is 344 g/mol. The van der Waals surface area contributed by atoms with Crippen LogP contribution in [-0.2, 0) is 11.8 Å². The van der Waals surface area contributed by atoms with Gasteiger partial charge in [0.15, 0.2) is 5.16 Å². The van der Waals surface area contributed by atoms with Crippen LogP contribution in [0.5, 0.6) is 0 Å². The maximum atomic E-state index is 13.5. The lowest BCUT2D eigenvalue weighted by molar-refractivity contribution is -0.113. The first kappa shape index (κ1) is 17.2. The van der Waals surface area contributed by atoms with Gasteiger partial charge in [-0.25, -0.2) is 13.8 Å². The summed E-state index contributed by atoms with van der Waals surface area (Å²) in [6, 6.07) is 12.7. The lowest BCUT2D eigenvalue weighted by Crippen LogP contribution is -2.15. The molecule has 0 saturated heterocycles. The summed E-state index contributed by atoms with van der Waals surface area (Å²) < 4.78 is 28.6. The number of benzene rings is 2. The molecule has 3 rings (SSSR count). The van der Waals surface area contributed by atoms with Crippen LogP contribution in [-0.4, -0.2) is 21.2 Å². The lowest BCUT2D eigenvalue weighted by Gasteiger charge is -2.07. The summed E-state index contributed by atoms with van der Waals surface area (Å²) in [4.78, 5) is 16.3. The van der Waals surface area contributed by atoms with Crippen molar-refractivity contribution in [2.45, 2.75) is 5.16 Å². The van der Waals surface area contributed by atoms with Gasteiger partial charge >= 0.3 is 0 Å². The van der Waals surface area contributed by atoms with E-state index in [0.717, 1.165) is 29.5 Å². The summed E-state index contributed by atoms with van der Waals surface area (Å²) in [6.45, 7) is 0. The molecule has 0 aliphatic heterocycles. The number of hydrogen-bond donors (Lipinski definition) is 1. The Kier molecular flexibility index (Phi) is 5.14. The van der Waals surface area contributed by atoms with Gasteiger partial charge in [-0.15, -0.1) is 0 Å². The molecule has 0 aliphatic carbocycles. The smallest absolute Gasteiger partial charge is 0.234 e. The van der Waals surface area contributed by atoms with E-state index in [2.05, 4.69) is 10.3 Å². The van der Waals surface area contributed by atoms with Crippen molar-refractivity contribution >= 4 is 23.4 Å². The van der Waals surface area contributed by atoms with E-state index in [0.29, 0.717) is 5.16 Å². The van der Waals surface area contributed by atoms with E-state index in [9.17, 15) is 13.6 Å². The quantitative estimate of drug-likeness (QED) is 0.698. The zero-order chi connectivity index (χ0) is 17.8. The number of anilines is 1. The van der Waals surface area contributed by atoms with Crippen LogP contribution in [0.1, 0.15) is 0 Å². The highest BCUT2D eigenvalue weighted by Crippen LogP contribution is 2.25. The number of carbonyl (C=O) groups is 1. The molecule has 0 unspecified atom stereocenters. The Morgan fingerprint density at radius 2 is 1.96 bits per heavy atom. The van der Waals surface area contributed by atoms with Crippen molar-refractivity contribution in [3.63, 3.8) is 0 Å².